The van der Waals surface area contributed by atoms with Crippen LogP contribution in [0.5, 0.6) is 0 Å². The summed E-state index contributed by atoms with van der Waals surface area (Å²) in [5, 5.41) is 1.86. The first-order valence-corrected chi connectivity index (χ1v) is 10.5. The van der Waals surface area contributed by atoms with Gasteiger partial charge in [0.1, 0.15) is 0 Å². The van der Waals surface area contributed by atoms with Gasteiger partial charge in [-0.05, 0) is 31.4 Å². The number of hydrogen-bond donors (Lipinski definition) is 0. The Morgan fingerprint density at radius 1 is 0.960 bits per heavy atom. The standard InChI is InChI=1S/C22H23O2P/c1-20-14-13-18-21(20,2)15-24-22(18,19(20)23)25(16-9-5-3-6-10-16)17-11-7-4-8-12-17/h3-12,18H,13-15H2,1-2H3/t18-,20+,21-,22-/m0/s1. The number of ether oxygens (including phenoxy) is 1. The molecule has 1 heterocycles. The van der Waals surface area contributed by atoms with Gasteiger partial charge in [0.2, 0.25) is 0 Å². The summed E-state index contributed by atoms with van der Waals surface area (Å²) in [5.41, 5.74) is -0.228. The second-order valence-electron chi connectivity index (χ2n) is 8.16. The predicted octanol–water partition coefficient (Wildman–Crippen LogP) is 3.85. The number of ketones is 1. The van der Waals surface area contributed by atoms with Gasteiger partial charge in [-0.1, -0.05) is 74.5 Å². The summed E-state index contributed by atoms with van der Waals surface area (Å²) in [7, 11) is -0.884. The molecule has 4 atom stereocenters. The van der Waals surface area contributed by atoms with Crippen LogP contribution in [0.25, 0.3) is 0 Å². The van der Waals surface area contributed by atoms with E-state index in [1.54, 1.807) is 0 Å². The first-order valence-electron chi connectivity index (χ1n) is 9.13. The molecule has 0 amide bonds. The number of carbonyl (C=O) groups is 1. The molecule has 2 aliphatic carbocycles. The molecule has 3 heteroatoms. The fraction of sp³-hybridized carbons (Fsp3) is 0.409. The van der Waals surface area contributed by atoms with Crippen LogP contribution in [0, 0.1) is 16.7 Å². The van der Waals surface area contributed by atoms with E-state index in [2.05, 4.69) is 62.4 Å². The quantitative estimate of drug-likeness (QED) is 0.786. The maximum absolute atomic E-state index is 13.8. The Labute approximate surface area is 150 Å². The monoisotopic (exact) mass is 350 g/mol. The van der Waals surface area contributed by atoms with Gasteiger partial charge in [0.15, 0.2) is 11.1 Å². The number of hydrogen-bond acceptors (Lipinski definition) is 2. The second kappa shape index (κ2) is 5.02. The third kappa shape index (κ3) is 1.70. The number of Topliss-reactive ketones (excluding diaryl/α,β-unsaturated/α-hetero) is 1. The van der Waals surface area contributed by atoms with Crippen LogP contribution in [-0.4, -0.2) is 17.7 Å². The van der Waals surface area contributed by atoms with Gasteiger partial charge in [-0.2, -0.15) is 0 Å². The van der Waals surface area contributed by atoms with E-state index in [4.69, 9.17) is 4.74 Å². The van der Waals surface area contributed by atoms with Crippen molar-refractivity contribution in [1.29, 1.82) is 0 Å². The normalized spacial score (nSPS) is 38.7. The topological polar surface area (TPSA) is 26.3 Å². The molecule has 2 aromatic carbocycles. The highest BCUT2D eigenvalue weighted by Gasteiger charge is 2.81. The maximum Gasteiger partial charge on any atom is 0.176 e. The number of rotatable bonds is 3. The third-order valence-corrected chi connectivity index (χ3v) is 10.2. The largest absolute Gasteiger partial charge is 0.361 e. The molecule has 0 N–H and O–H groups in total. The summed E-state index contributed by atoms with van der Waals surface area (Å²) < 4.78 is 6.50. The lowest BCUT2D eigenvalue weighted by Gasteiger charge is -2.44. The van der Waals surface area contributed by atoms with Crippen LogP contribution >= 0.6 is 7.92 Å². The van der Waals surface area contributed by atoms with Gasteiger partial charge < -0.3 is 4.74 Å². The van der Waals surface area contributed by atoms with E-state index in [-0.39, 0.29) is 10.8 Å². The average molecular weight is 350 g/mol. The summed E-state index contributed by atoms with van der Waals surface area (Å²) >= 11 is 0. The highest BCUT2D eigenvalue weighted by atomic mass is 31.1. The van der Waals surface area contributed by atoms with E-state index in [1.165, 1.54) is 10.6 Å². The molecule has 5 rings (SSSR count). The minimum atomic E-state index is -0.884. The van der Waals surface area contributed by atoms with Crippen LogP contribution < -0.4 is 10.6 Å². The van der Waals surface area contributed by atoms with Crippen LogP contribution in [0.2, 0.25) is 0 Å². The molecule has 0 spiro atoms. The fourth-order valence-electron chi connectivity index (χ4n) is 5.67. The molecule has 25 heavy (non-hydrogen) atoms. The van der Waals surface area contributed by atoms with Crippen molar-refractivity contribution < 1.29 is 9.53 Å². The Morgan fingerprint density at radius 2 is 1.52 bits per heavy atom. The molecule has 3 fully saturated rings. The van der Waals surface area contributed by atoms with E-state index in [0.29, 0.717) is 11.7 Å². The Morgan fingerprint density at radius 3 is 2.00 bits per heavy atom. The van der Waals surface area contributed by atoms with Gasteiger partial charge in [0, 0.05) is 16.7 Å². The minimum Gasteiger partial charge on any atom is -0.361 e. The van der Waals surface area contributed by atoms with Gasteiger partial charge in [0.05, 0.1) is 6.61 Å². The molecule has 0 radical (unpaired) electrons. The lowest BCUT2D eigenvalue weighted by Crippen LogP contribution is -2.52. The van der Waals surface area contributed by atoms with Crippen LogP contribution in [0.4, 0.5) is 0 Å². The maximum atomic E-state index is 13.8. The SMILES string of the molecule is C[C@@]12CO[C@@]3(P(c4ccccc4)c4ccccc4)C(=O)[C@@]1(C)CC[C@@H]23. The van der Waals surface area contributed by atoms with Crippen molar-refractivity contribution >= 4 is 24.3 Å². The van der Waals surface area contributed by atoms with Crippen molar-refractivity contribution in [3.8, 4) is 0 Å². The van der Waals surface area contributed by atoms with Crippen molar-refractivity contribution in [2.24, 2.45) is 16.7 Å². The molecule has 4 bridgehead atoms. The zero-order chi connectivity index (χ0) is 17.3. The van der Waals surface area contributed by atoms with Crippen molar-refractivity contribution in [3.63, 3.8) is 0 Å². The molecule has 0 unspecified atom stereocenters. The predicted molar refractivity (Wildman–Crippen MR) is 102 cm³/mol. The molecule has 2 nitrogen and oxygen atoms in total. The van der Waals surface area contributed by atoms with Crippen molar-refractivity contribution in [1.82, 2.24) is 0 Å². The van der Waals surface area contributed by atoms with Crippen LogP contribution in [-0.2, 0) is 9.53 Å². The zero-order valence-electron chi connectivity index (χ0n) is 14.7. The average Bonchev–Trinajstić information content (AvgIpc) is 3.14. The highest BCUT2D eigenvalue weighted by molar-refractivity contribution is 7.75. The molecule has 1 saturated heterocycles. The molecule has 2 aromatic rings. The minimum absolute atomic E-state index is 0.00573. The first kappa shape index (κ1) is 15.7. The molecule has 128 valence electrons. The van der Waals surface area contributed by atoms with Gasteiger partial charge in [-0.25, -0.2) is 0 Å². The number of carbonyl (C=O) groups excluding carboxylic acids is 1. The van der Waals surface area contributed by atoms with E-state index < -0.39 is 13.3 Å². The lowest BCUT2D eigenvalue weighted by molar-refractivity contribution is -0.150. The fourth-order valence-corrected chi connectivity index (χ4v) is 9.05. The summed E-state index contributed by atoms with van der Waals surface area (Å²) in [4.78, 5) is 13.8. The molecular formula is C22H23O2P. The van der Waals surface area contributed by atoms with E-state index >= 15 is 0 Å². The van der Waals surface area contributed by atoms with Gasteiger partial charge >= 0.3 is 0 Å². The Bertz CT molecular complexity index is 796. The first-order chi connectivity index (χ1) is 12.0. The molecular weight excluding hydrogens is 327 g/mol. The Balaban J connectivity index is 1.75. The Hall–Kier alpha value is -1.50. The number of benzene rings is 2. The summed E-state index contributed by atoms with van der Waals surface area (Å²) in [6, 6.07) is 21.1. The summed E-state index contributed by atoms with van der Waals surface area (Å²) in [5.74, 6) is 0.702. The van der Waals surface area contributed by atoms with Crippen LogP contribution in [0.1, 0.15) is 26.7 Å². The van der Waals surface area contributed by atoms with Crippen LogP contribution in [0.3, 0.4) is 0 Å². The van der Waals surface area contributed by atoms with Gasteiger partial charge in [0.25, 0.3) is 0 Å². The Kier molecular flexibility index (Phi) is 3.16. The molecule has 3 aliphatic rings. The molecule has 1 aliphatic heterocycles. The van der Waals surface area contributed by atoms with Gasteiger partial charge in [-0.15, -0.1) is 0 Å². The van der Waals surface area contributed by atoms with E-state index in [0.717, 1.165) is 19.4 Å². The zero-order valence-corrected chi connectivity index (χ0v) is 15.6. The molecule has 0 aromatic heterocycles. The summed E-state index contributed by atoms with van der Waals surface area (Å²) in [6.45, 7) is 5.21. The third-order valence-electron chi connectivity index (χ3n) is 7.21. The summed E-state index contributed by atoms with van der Waals surface area (Å²) in [6.07, 6.45) is 2.13. The van der Waals surface area contributed by atoms with Gasteiger partial charge in [-0.3, -0.25) is 4.79 Å². The van der Waals surface area contributed by atoms with Crippen molar-refractivity contribution in [2.45, 2.75) is 32.0 Å². The van der Waals surface area contributed by atoms with Crippen molar-refractivity contribution in [3.05, 3.63) is 60.7 Å². The van der Waals surface area contributed by atoms with E-state index in [1.807, 2.05) is 12.1 Å². The molecule has 2 saturated carbocycles. The van der Waals surface area contributed by atoms with Crippen molar-refractivity contribution in [2.75, 3.05) is 6.61 Å². The smallest absolute Gasteiger partial charge is 0.176 e. The second-order valence-corrected chi connectivity index (χ2v) is 10.5. The van der Waals surface area contributed by atoms with E-state index in [9.17, 15) is 4.79 Å². The highest BCUT2D eigenvalue weighted by Crippen LogP contribution is 2.78. The van der Waals surface area contributed by atoms with Crippen LogP contribution in [0.15, 0.2) is 60.7 Å². The lowest BCUT2D eigenvalue weighted by atomic mass is 9.69.